The van der Waals surface area contributed by atoms with E-state index in [2.05, 4.69) is 66.0 Å². The minimum Gasteiger partial charge on any atom is -0.412 e. The van der Waals surface area contributed by atoms with E-state index >= 15 is 0 Å². The zero-order chi connectivity index (χ0) is 12.3. The van der Waals surface area contributed by atoms with E-state index in [9.17, 15) is 0 Å². The lowest BCUT2D eigenvalue weighted by Gasteiger charge is -2.01. The van der Waals surface area contributed by atoms with E-state index in [1.165, 1.54) is 11.1 Å². The van der Waals surface area contributed by atoms with Gasteiger partial charge in [0.05, 0.1) is 0 Å². The summed E-state index contributed by atoms with van der Waals surface area (Å²) in [7, 11) is 3.75. The molecule has 0 fully saturated rings. The Morgan fingerprint density at radius 3 is 1.22 bits per heavy atom. The van der Waals surface area contributed by atoms with Gasteiger partial charge in [0.15, 0.2) is 0 Å². The molecule has 18 heavy (non-hydrogen) atoms. The van der Waals surface area contributed by atoms with Crippen LogP contribution in [0.15, 0.2) is 60.7 Å². The van der Waals surface area contributed by atoms with E-state index in [1.807, 2.05) is 14.1 Å². The van der Waals surface area contributed by atoms with Crippen molar-refractivity contribution in [3.05, 3.63) is 71.8 Å². The number of hydrogen-bond donors (Lipinski definition) is 1. The third-order valence-electron chi connectivity index (χ3n) is 2.39. The third-order valence-corrected chi connectivity index (χ3v) is 2.39. The van der Waals surface area contributed by atoms with E-state index in [0.29, 0.717) is 0 Å². The first-order valence-corrected chi connectivity index (χ1v) is 6.03. The Morgan fingerprint density at radius 1 is 0.667 bits per heavy atom. The van der Waals surface area contributed by atoms with Crippen LogP contribution in [-0.2, 0) is 12.8 Å². The summed E-state index contributed by atoms with van der Waals surface area (Å²) < 4.78 is 0. The van der Waals surface area contributed by atoms with Gasteiger partial charge in [-0.3, -0.25) is 0 Å². The lowest BCUT2D eigenvalue weighted by Crippen LogP contribution is -1.89. The predicted molar refractivity (Wildman–Crippen MR) is 78.9 cm³/mol. The molecule has 3 N–H and O–H groups in total. The van der Waals surface area contributed by atoms with Crippen LogP contribution in [0.4, 0.5) is 0 Å². The van der Waals surface area contributed by atoms with Crippen molar-refractivity contribution in [1.29, 1.82) is 0 Å². The van der Waals surface area contributed by atoms with Gasteiger partial charge in [-0.25, -0.2) is 0 Å². The number of nitrogens with one attached hydrogen (secondary N) is 1. The fourth-order valence-corrected chi connectivity index (χ4v) is 1.58. The lowest BCUT2D eigenvalue weighted by molar-refractivity contribution is 0.824. The van der Waals surface area contributed by atoms with Crippen LogP contribution in [0.3, 0.4) is 0 Å². The molecule has 0 aliphatic heterocycles. The number of hydrogen-bond acceptors (Lipinski definition) is 1. The molecule has 98 valence electrons. The van der Waals surface area contributed by atoms with Crippen LogP contribution in [0.25, 0.3) is 0 Å². The van der Waals surface area contributed by atoms with Gasteiger partial charge in [0.1, 0.15) is 0 Å². The molecule has 0 amide bonds. The summed E-state index contributed by atoms with van der Waals surface area (Å²) in [5, 5.41) is 2.75. The fourth-order valence-electron chi connectivity index (χ4n) is 1.58. The second kappa shape index (κ2) is 10.5. The molecule has 0 aliphatic rings. The number of aryl methyl sites for hydroxylation is 2. The highest BCUT2D eigenvalue weighted by molar-refractivity contribution is 5.19. The average molecular weight is 245 g/mol. The van der Waals surface area contributed by atoms with Crippen molar-refractivity contribution in [2.24, 2.45) is 0 Å². The normalized spacial score (nSPS) is 8.78. The van der Waals surface area contributed by atoms with Crippen LogP contribution in [0.2, 0.25) is 0 Å². The maximum Gasteiger partial charge on any atom is -0.0167 e. The van der Waals surface area contributed by atoms with Crippen LogP contribution in [0.5, 0.6) is 0 Å². The second-order valence-corrected chi connectivity index (χ2v) is 3.97. The van der Waals surface area contributed by atoms with Gasteiger partial charge in [-0.15, -0.1) is 0 Å². The predicted octanol–water partition coefficient (Wildman–Crippen LogP) is 2.48. The van der Waals surface area contributed by atoms with Gasteiger partial charge in [0.25, 0.3) is 0 Å². The van der Waals surface area contributed by atoms with Crippen LogP contribution in [0.1, 0.15) is 11.1 Å². The van der Waals surface area contributed by atoms with Crippen LogP contribution in [-0.4, -0.2) is 19.6 Å². The van der Waals surface area contributed by atoms with Crippen molar-refractivity contribution in [1.82, 2.24) is 5.32 Å². The van der Waals surface area contributed by atoms with Crippen molar-refractivity contribution < 1.29 is 5.48 Å². The molecule has 0 aliphatic carbocycles. The van der Waals surface area contributed by atoms with Gasteiger partial charge in [0.2, 0.25) is 0 Å². The van der Waals surface area contributed by atoms with Gasteiger partial charge >= 0.3 is 0 Å². The highest BCUT2D eigenvalue weighted by Gasteiger charge is 1.93. The second-order valence-electron chi connectivity index (χ2n) is 3.97. The lowest BCUT2D eigenvalue weighted by atomic mass is 10.0. The molecule has 2 heteroatoms. The van der Waals surface area contributed by atoms with E-state index in [1.54, 1.807) is 0 Å². The van der Waals surface area contributed by atoms with E-state index in [0.717, 1.165) is 12.8 Å². The van der Waals surface area contributed by atoms with Crippen molar-refractivity contribution in [2.75, 3.05) is 14.1 Å². The average Bonchev–Trinajstić information content (AvgIpc) is 2.40. The third kappa shape index (κ3) is 6.84. The zero-order valence-corrected chi connectivity index (χ0v) is 11.2. The summed E-state index contributed by atoms with van der Waals surface area (Å²) in [5.74, 6) is 0. The molecule has 0 radical (unpaired) electrons. The Morgan fingerprint density at radius 2 is 0.944 bits per heavy atom. The molecule has 0 atom stereocenters. The topological polar surface area (TPSA) is 43.5 Å². The summed E-state index contributed by atoms with van der Waals surface area (Å²) in [4.78, 5) is 0. The van der Waals surface area contributed by atoms with Crippen molar-refractivity contribution in [3.63, 3.8) is 0 Å². The summed E-state index contributed by atoms with van der Waals surface area (Å²) in [5.41, 5.74) is 2.83. The monoisotopic (exact) mass is 245 g/mol. The van der Waals surface area contributed by atoms with E-state index in [4.69, 9.17) is 0 Å². The molecule has 0 unspecified atom stereocenters. The Kier molecular flexibility index (Phi) is 9.55. The Balaban J connectivity index is 0.000000660. The maximum atomic E-state index is 2.75. The van der Waals surface area contributed by atoms with E-state index in [-0.39, 0.29) is 5.48 Å². The molecule has 2 nitrogen and oxygen atoms in total. The molecule has 0 heterocycles. The number of rotatable bonds is 3. The molecular formula is C16H23NO. The summed E-state index contributed by atoms with van der Waals surface area (Å²) in [6.07, 6.45) is 2.26. The first-order valence-electron chi connectivity index (χ1n) is 6.03. The zero-order valence-electron chi connectivity index (χ0n) is 11.2. The van der Waals surface area contributed by atoms with Gasteiger partial charge in [-0.2, -0.15) is 0 Å². The summed E-state index contributed by atoms with van der Waals surface area (Å²) >= 11 is 0. The first-order chi connectivity index (χ1) is 8.36. The van der Waals surface area contributed by atoms with Gasteiger partial charge in [-0.05, 0) is 38.1 Å². The molecule has 0 aromatic heterocycles. The van der Waals surface area contributed by atoms with Crippen molar-refractivity contribution >= 4 is 0 Å². The molecule has 2 aromatic rings. The molecule has 0 saturated heterocycles. The molecule has 2 rings (SSSR count). The Bertz CT molecular complexity index is 347. The highest BCUT2D eigenvalue weighted by Crippen LogP contribution is 2.06. The van der Waals surface area contributed by atoms with Gasteiger partial charge < -0.3 is 10.8 Å². The SMILES string of the molecule is CNC.O.c1ccc(CCc2ccccc2)cc1. The summed E-state index contributed by atoms with van der Waals surface area (Å²) in [6.45, 7) is 0. The molecule has 0 saturated carbocycles. The van der Waals surface area contributed by atoms with E-state index < -0.39 is 0 Å². The standard InChI is InChI=1S/C14H14.C2H7N.H2O/c1-3-7-13(8-4-1)11-12-14-9-5-2-6-10-14;1-3-2;/h1-10H,11-12H2;3H,1-2H3;1H2. The van der Waals surface area contributed by atoms with Gasteiger partial charge in [0, 0.05) is 0 Å². The minimum absolute atomic E-state index is 0. The van der Waals surface area contributed by atoms with Crippen molar-refractivity contribution in [3.8, 4) is 0 Å². The van der Waals surface area contributed by atoms with Gasteiger partial charge in [-0.1, -0.05) is 60.7 Å². The Hall–Kier alpha value is -1.64. The van der Waals surface area contributed by atoms with Crippen molar-refractivity contribution in [2.45, 2.75) is 12.8 Å². The smallest absolute Gasteiger partial charge is 0.0167 e. The summed E-state index contributed by atoms with van der Waals surface area (Å²) in [6, 6.07) is 21.2. The van der Waals surface area contributed by atoms with Crippen LogP contribution in [0, 0.1) is 0 Å². The molecule has 2 aromatic carbocycles. The number of benzene rings is 2. The molecule has 0 spiro atoms. The fraction of sp³-hybridized carbons (Fsp3) is 0.250. The largest absolute Gasteiger partial charge is 0.412 e. The first kappa shape index (κ1) is 16.4. The molecule has 0 bridgehead atoms. The quantitative estimate of drug-likeness (QED) is 0.887. The Labute approximate surface area is 110 Å². The van der Waals surface area contributed by atoms with Crippen LogP contribution >= 0.6 is 0 Å². The minimum atomic E-state index is 0. The molecular weight excluding hydrogens is 222 g/mol. The van der Waals surface area contributed by atoms with Crippen LogP contribution < -0.4 is 5.32 Å². The highest BCUT2D eigenvalue weighted by atomic mass is 16.0. The maximum absolute atomic E-state index is 2.75.